The van der Waals surface area contributed by atoms with Gasteiger partial charge in [0.2, 0.25) is 5.95 Å². The number of aromatic amines is 1. The van der Waals surface area contributed by atoms with Gasteiger partial charge >= 0.3 is 0 Å². The Balaban J connectivity index is 1.74. The monoisotopic (exact) mass is 277 g/mol. The molecule has 0 aromatic carbocycles. The van der Waals surface area contributed by atoms with Gasteiger partial charge in [0.1, 0.15) is 0 Å². The van der Waals surface area contributed by atoms with Gasteiger partial charge in [0.25, 0.3) is 0 Å². The lowest BCUT2D eigenvalue weighted by molar-refractivity contribution is 0.439. The van der Waals surface area contributed by atoms with Crippen LogP contribution in [0.1, 0.15) is 18.4 Å². The molecule has 1 aliphatic heterocycles. The summed E-state index contributed by atoms with van der Waals surface area (Å²) in [5, 5.41) is 12.9. The predicted molar refractivity (Wildman–Crippen MR) is 78.7 cm³/mol. The molecule has 0 atom stereocenters. The third-order valence-corrected chi connectivity index (χ3v) is 4.76. The Kier molecular flexibility index (Phi) is 3.52. The Hall–Kier alpha value is -1.40. The summed E-state index contributed by atoms with van der Waals surface area (Å²) >= 11 is 1.70. The topological polar surface area (TPSA) is 56.8 Å². The standard InChI is InChI=1S/C13H19N5S/c1-9-5-8-19-11(9)12-15-13(17-16-12)18-6-3-10(14-2)4-7-18/h5,8,10,14H,3-4,6-7H2,1-2H3,(H,15,16,17). The molecule has 2 aromatic rings. The Morgan fingerprint density at radius 1 is 1.42 bits per heavy atom. The Labute approximate surface area is 117 Å². The van der Waals surface area contributed by atoms with Gasteiger partial charge in [-0.15, -0.1) is 16.4 Å². The zero-order valence-electron chi connectivity index (χ0n) is 11.3. The van der Waals surface area contributed by atoms with E-state index in [9.17, 15) is 0 Å². The molecule has 2 N–H and O–H groups in total. The first-order valence-corrected chi connectivity index (χ1v) is 7.55. The molecular formula is C13H19N5S. The number of hydrogen-bond donors (Lipinski definition) is 2. The first-order chi connectivity index (χ1) is 9.28. The van der Waals surface area contributed by atoms with Crippen molar-refractivity contribution in [1.82, 2.24) is 20.5 Å². The van der Waals surface area contributed by atoms with E-state index in [4.69, 9.17) is 0 Å². The maximum Gasteiger partial charge on any atom is 0.245 e. The van der Waals surface area contributed by atoms with Crippen LogP contribution in [0, 0.1) is 6.92 Å². The van der Waals surface area contributed by atoms with Crippen molar-refractivity contribution in [2.24, 2.45) is 0 Å². The third kappa shape index (κ3) is 2.50. The van der Waals surface area contributed by atoms with E-state index in [0.29, 0.717) is 6.04 Å². The van der Waals surface area contributed by atoms with Crippen LogP contribution in [0.2, 0.25) is 0 Å². The number of aryl methyl sites for hydroxylation is 1. The average Bonchev–Trinajstić information content (AvgIpc) is 3.07. The highest BCUT2D eigenvalue weighted by molar-refractivity contribution is 7.13. The molecule has 6 heteroatoms. The summed E-state index contributed by atoms with van der Waals surface area (Å²) in [6.07, 6.45) is 2.30. The van der Waals surface area contributed by atoms with Gasteiger partial charge in [-0.25, -0.2) is 0 Å². The van der Waals surface area contributed by atoms with Gasteiger partial charge < -0.3 is 10.2 Å². The van der Waals surface area contributed by atoms with Crippen LogP contribution in [0.3, 0.4) is 0 Å². The number of nitrogens with zero attached hydrogens (tertiary/aromatic N) is 3. The highest BCUT2D eigenvalue weighted by Gasteiger charge is 2.21. The molecule has 0 saturated carbocycles. The van der Waals surface area contributed by atoms with Gasteiger partial charge in [-0.05, 0) is 43.8 Å². The summed E-state index contributed by atoms with van der Waals surface area (Å²) in [5.74, 6) is 1.72. The normalized spacial score (nSPS) is 17.1. The second-order valence-corrected chi connectivity index (χ2v) is 5.88. The Bertz CT molecular complexity index is 539. The lowest BCUT2D eigenvalue weighted by Crippen LogP contribution is -2.41. The SMILES string of the molecule is CNC1CCN(c2n[nH]c(-c3sccc3C)n2)CC1. The lowest BCUT2D eigenvalue weighted by Gasteiger charge is -2.30. The summed E-state index contributed by atoms with van der Waals surface area (Å²) in [7, 11) is 2.03. The van der Waals surface area contributed by atoms with E-state index in [1.165, 1.54) is 10.4 Å². The fourth-order valence-corrected chi connectivity index (χ4v) is 3.34. The lowest BCUT2D eigenvalue weighted by atomic mass is 10.1. The maximum absolute atomic E-state index is 4.64. The fourth-order valence-electron chi connectivity index (χ4n) is 2.48. The number of rotatable bonds is 3. The highest BCUT2D eigenvalue weighted by Crippen LogP contribution is 2.27. The minimum absolute atomic E-state index is 0.634. The number of anilines is 1. The van der Waals surface area contributed by atoms with Crippen LogP contribution in [0.25, 0.3) is 10.7 Å². The van der Waals surface area contributed by atoms with Gasteiger partial charge in [0, 0.05) is 19.1 Å². The molecule has 0 radical (unpaired) electrons. The van der Waals surface area contributed by atoms with Crippen LogP contribution >= 0.6 is 11.3 Å². The van der Waals surface area contributed by atoms with Crippen molar-refractivity contribution in [3.63, 3.8) is 0 Å². The molecule has 0 unspecified atom stereocenters. The molecule has 2 aromatic heterocycles. The largest absolute Gasteiger partial charge is 0.339 e. The van der Waals surface area contributed by atoms with Crippen LogP contribution in [0.5, 0.6) is 0 Å². The molecule has 19 heavy (non-hydrogen) atoms. The highest BCUT2D eigenvalue weighted by atomic mass is 32.1. The molecule has 3 rings (SSSR count). The smallest absolute Gasteiger partial charge is 0.245 e. The van der Waals surface area contributed by atoms with Crippen molar-refractivity contribution in [3.8, 4) is 10.7 Å². The maximum atomic E-state index is 4.64. The summed E-state index contributed by atoms with van der Waals surface area (Å²) in [6.45, 7) is 4.14. The van der Waals surface area contributed by atoms with Gasteiger partial charge in [-0.2, -0.15) is 4.98 Å². The van der Waals surface area contributed by atoms with E-state index in [1.54, 1.807) is 11.3 Å². The molecule has 102 valence electrons. The van der Waals surface area contributed by atoms with Crippen molar-refractivity contribution in [3.05, 3.63) is 17.0 Å². The number of nitrogens with one attached hydrogen (secondary N) is 2. The minimum Gasteiger partial charge on any atom is -0.339 e. The number of piperidine rings is 1. The number of H-pyrrole nitrogens is 1. The van der Waals surface area contributed by atoms with E-state index in [-0.39, 0.29) is 0 Å². The minimum atomic E-state index is 0.634. The van der Waals surface area contributed by atoms with E-state index >= 15 is 0 Å². The molecule has 0 spiro atoms. The number of thiophene rings is 1. The number of hydrogen-bond acceptors (Lipinski definition) is 5. The van der Waals surface area contributed by atoms with E-state index in [1.807, 2.05) is 7.05 Å². The van der Waals surface area contributed by atoms with E-state index in [2.05, 4.69) is 43.8 Å². The predicted octanol–water partition coefficient (Wildman–Crippen LogP) is 2.03. The Morgan fingerprint density at radius 2 is 2.21 bits per heavy atom. The van der Waals surface area contributed by atoms with E-state index in [0.717, 1.165) is 37.7 Å². The van der Waals surface area contributed by atoms with Crippen LogP contribution in [-0.2, 0) is 0 Å². The van der Waals surface area contributed by atoms with Crippen molar-refractivity contribution in [2.45, 2.75) is 25.8 Å². The van der Waals surface area contributed by atoms with Gasteiger partial charge in [-0.3, -0.25) is 5.10 Å². The summed E-state index contributed by atoms with van der Waals surface area (Å²) in [6, 6.07) is 2.75. The summed E-state index contributed by atoms with van der Waals surface area (Å²) in [5.41, 5.74) is 1.25. The molecule has 1 saturated heterocycles. The molecule has 0 bridgehead atoms. The van der Waals surface area contributed by atoms with Crippen molar-refractivity contribution in [1.29, 1.82) is 0 Å². The average molecular weight is 277 g/mol. The molecule has 5 nitrogen and oxygen atoms in total. The first kappa shape index (κ1) is 12.6. The molecular weight excluding hydrogens is 258 g/mol. The van der Waals surface area contributed by atoms with Crippen molar-refractivity contribution in [2.75, 3.05) is 25.0 Å². The van der Waals surface area contributed by atoms with E-state index < -0.39 is 0 Å². The summed E-state index contributed by atoms with van der Waals surface area (Å²) in [4.78, 5) is 8.08. The van der Waals surface area contributed by atoms with Crippen molar-refractivity contribution >= 4 is 17.3 Å². The van der Waals surface area contributed by atoms with Crippen LogP contribution in [-0.4, -0.2) is 41.4 Å². The van der Waals surface area contributed by atoms with Crippen LogP contribution in [0.4, 0.5) is 5.95 Å². The second-order valence-electron chi connectivity index (χ2n) is 4.97. The fraction of sp³-hybridized carbons (Fsp3) is 0.538. The third-order valence-electron chi connectivity index (χ3n) is 3.74. The van der Waals surface area contributed by atoms with Gasteiger partial charge in [0.15, 0.2) is 5.82 Å². The first-order valence-electron chi connectivity index (χ1n) is 6.67. The van der Waals surface area contributed by atoms with Gasteiger partial charge in [0.05, 0.1) is 4.88 Å². The summed E-state index contributed by atoms with van der Waals surface area (Å²) < 4.78 is 0. The molecule has 3 heterocycles. The molecule has 0 aliphatic carbocycles. The second kappa shape index (κ2) is 5.30. The zero-order chi connectivity index (χ0) is 13.2. The molecule has 1 aliphatic rings. The van der Waals surface area contributed by atoms with Gasteiger partial charge in [-0.1, -0.05) is 0 Å². The Morgan fingerprint density at radius 3 is 2.84 bits per heavy atom. The molecule has 1 fully saturated rings. The quantitative estimate of drug-likeness (QED) is 0.901. The molecule has 0 amide bonds. The van der Waals surface area contributed by atoms with Crippen molar-refractivity contribution < 1.29 is 0 Å². The zero-order valence-corrected chi connectivity index (χ0v) is 12.1. The van der Waals surface area contributed by atoms with Crippen LogP contribution < -0.4 is 10.2 Å². The van der Waals surface area contributed by atoms with Crippen LogP contribution in [0.15, 0.2) is 11.4 Å². The number of aromatic nitrogens is 3.